The Morgan fingerprint density at radius 1 is 0.857 bits per heavy atom. The van der Waals surface area contributed by atoms with Gasteiger partial charge in [0.1, 0.15) is 0 Å². The lowest BCUT2D eigenvalue weighted by molar-refractivity contribution is -0.122. The van der Waals surface area contributed by atoms with E-state index in [2.05, 4.69) is 35.4 Å². The Bertz CT molecular complexity index is 836. The smallest absolute Gasteiger partial charge is 0.228 e. The maximum Gasteiger partial charge on any atom is 0.228 e. The first-order valence-electron chi connectivity index (χ1n) is 9.96. The predicted octanol–water partition coefficient (Wildman–Crippen LogP) is 4.36. The summed E-state index contributed by atoms with van der Waals surface area (Å²) < 4.78 is 0. The number of hydrogen-bond acceptors (Lipinski definition) is 3. The van der Waals surface area contributed by atoms with Crippen LogP contribution in [-0.2, 0) is 9.59 Å². The van der Waals surface area contributed by atoms with E-state index in [1.54, 1.807) is 0 Å². The number of carbonyl (C=O) groups is 2. The molecule has 2 aromatic rings. The fraction of sp³-hybridized carbons (Fsp3) is 0.391. The minimum Gasteiger partial charge on any atom is -0.372 e. The maximum absolute atomic E-state index is 12.5. The molecular weight excluding hydrogens is 350 g/mol. The molecule has 2 N–H and O–H groups in total. The molecule has 1 fully saturated rings. The Balaban J connectivity index is 1.54. The lowest BCUT2D eigenvalue weighted by Gasteiger charge is -2.21. The van der Waals surface area contributed by atoms with Gasteiger partial charge in [0.05, 0.1) is 11.8 Å². The number of nitrogens with one attached hydrogen (secondary N) is 2. The van der Waals surface area contributed by atoms with E-state index in [9.17, 15) is 9.59 Å². The minimum absolute atomic E-state index is 0.0815. The third-order valence-corrected chi connectivity index (χ3v) is 5.22. The van der Waals surface area contributed by atoms with E-state index in [1.165, 1.54) is 0 Å². The van der Waals surface area contributed by atoms with Crippen LogP contribution < -0.4 is 15.5 Å². The van der Waals surface area contributed by atoms with Crippen molar-refractivity contribution in [1.82, 2.24) is 0 Å². The van der Waals surface area contributed by atoms with Gasteiger partial charge in [-0.25, -0.2) is 0 Å². The summed E-state index contributed by atoms with van der Waals surface area (Å²) in [4.78, 5) is 27.2. The summed E-state index contributed by atoms with van der Waals surface area (Å²) >= 11 is 0. The van der Waals surface area contributed by atoms with E-state index in [4.69, 9.17) is 0 Å². The fourth-order valence-corrected chi connectivity index (χ4v) is 3.64. The number of rotatable bonds is 7. The van der Waals surface area contributed by atoms with E-state index < -0.39 is 0 Å². The number of benzene rings is 2. The van der Waals surface area contributed by atoms with Gasteiger partial charge >= 0.3 is 0 Å². The molecule has 5 nitrogen and oxygen atoms in total. The van der Waals surface area contributed by atoms with Crippen molar-refractivity contribution in [3.05, 3.63) is 53.6 Å². The van der Waals surface area contributed by atoms with Crippen molar-refractivity contribution in [2.45, 2.75) is 34.1 Å². The van der Waals surface area contributed by atoms with E-state index in [1.807, 2.05) is 50.2 Å². The van der Waals surface area contributed by atoms with Crippen LogP contribution in [0.4, 0.5) is 17.1 Å². The lowest BCUT2D eigenvalue weighted by Crippen LogP contribution is -2.22. The summed E-state index contributed by atoms with van der Waals surface area (Å²) in [7, 11) is 0. The van der Waals surface area contributed by atoms with Gasteiger partial charge < -0.3 is 15.5 Å². The SMILES string of the molecule is CCN(CC)c1ccc(NC(=O)C2CC2C(=O)Nc2cc(C)cc(C)c2)cc1. The molecule has 0 saturated heterocycles. The van der Waals surface area contributed by atoms with Crippen molar-refractivity contribution >= 4 is 28.9 Å². The standard InChI is InChI=1S/C23H29N3O2/c1-5-26(6-2)19-9-7-17(8-10-19)24-22(27)20-14-21(20)23(28)25-18-12-15(3)11-16(4)13-18/h7-13,20-21H,5-6,14H2,1-4H3,(H,24,27)(H,25,28). The second kappa shape index (κ2) is 8.46. The molecule has 0 heterocycles. The molecule has 2 unspecified atom stereocenters. The molecule has 1 aliphatic rings. The molecular formula is C23H29N3O2. The van der Waals surface area contributed by atoms with Gasteiger partial charge in [-0.3, -0.25) is 9.59 Å². The molecule has 148 valence electrons. The Morgan fingerprint density at radius 3 is 1.86 bits per heavy atom. The molecule has 0 spiro atoms. The molecule has 1 saturated carbocycles. The van der Waals surface area contributed by atoms with Gasteiger partial charge in [-0.2, -0.15) is 0 Å². The van der Waals surface area contributed by atoms with Crippen LogP contribution in [0.25, 0.3) is 0 Å². The summed E-state index contributed by atoms with van der Waals surface area (Å²) in [5, 5.41) is 5.88. The van der Waals surface area contributed by atoms with Crippen LogP contribution in [0.3, 0.4) is 0 Å². The Hall–Kier alpha value is -2.82. The molecule has 5 heteroatoms. The average molecular weight is 380 g/mol. The monoisotopic (exact) mass is 379 g/mol. The van der Waals surface area contributed by atoms with E-state index in [0.29, 0.717) is 6.42 Å². The highest BCUT2D eigenvalue weighted by Crippen LogP contribution is 2.40. The summed E-state index contributed by atoms with van der Waals surface area (Å²) in [5.41, 5.74) is 4.91. The lowest BCUT2D eigenvalue weighted by atomic mass is 10.1. The Kier molecular flexibility index (Phi) is 6.02. The number of nitrogens with zero attached hydrogens (tertiary/aromatic N) is 1. The van der Waals surface area contributed by atoms with Crippen LogP contribution in [0.15, 0.2) is 42.5 Å². The van der Waals surface area contributed by atoms with Gasteiger partial charge in [0.15, 0.2) is 0 Å². The van der Waals surface area contributed by atoms with Crippen LogP contribution in [0, 0.1) is 25.7 Å². The topological polar surface area (TPSA) is 61.4 Å². The maximum atomic E-state index is 12.5. The van der Waals surface area contributed by atoms with Crippen LogP contribution in [0.5, 0.6) is 0 Å². The Labute approximate surface area is 167 Å². The largest absolute Gasteiger partial charge is 0.372 e. The van der Waals surface area contributed by atoms with E-state index in [0.717, 1.165) is 41.3 Å². The molecule has 2 amide bonds. The zero-order valence-electron chi connectivity index (χ0n) is 17.1. The van der Waals surface area contributed by atoms with Crippen molar-refractivity contribution < 1.29 is 9.59 Å². The molecule has 2 atom stereocenters. The molecule has 0 radical (unpaired) electrons. The van der Waals surface area contributed by atoms with Crippen molar-refractivity contribution in [3.8, 4) is 0 Å². The van der Waals surface area contributed by atoms with Crippen LogP contribution in [0.2, 0.25) is 0 Å². The highest BCUT2D eigenvalue weighted by Gasteiger charge is 2.48. The van der Waals surface area contributed by atoms with Crippen molar-refractivity contribution in [2.75, 3.05) is 28.6 Å². The van der Waals surface area contributed by atoms with Gasteiger partial charge in [0.2, 0.25) is 11.8 Å². The summed E-state index contributed by atoms with van der Waals surface area (Å²) in [6.45, 7) is 10.1. The summed E-state index contributed by atoms with van der Waals surface area (Å²) in [6.07, 6.45) is 0.597. The normalized spacial score (nSPS) is 17.7. The zero-order valence-corrected chi connectivity index (χ0v) is 17.1. The molecule has 0 aromatic heterocycles. The third-order valence-electron chi connectivity index (χ3n) is 5.22. The molecule has 2 aromatic carbocycles. The van der Waals surface area contributed by atoms with E-state index >= 15 is 0 Å². The van der Waals surface area contributed by atoms with Gasteiger partial charge in [-0.1, -0.05) is 6.07 Å². The molecule has 0 aliphatic heterocycles. The first kappa shape index (κ1) is 19.9. The van der Waals surface area contributed by atoms with Crippen molar-refractivity contribution in [1.29, 1.82) is 0 Å². The third kappa shape index (κ3) is 4.71. The number of amides is 2. The second-order valence-corrected chi connectivity index (χ2v) is 7.52. The second-order valence-electron chi connectivity index (χ2n) is 7.52. The number of aryl methyl sites for hydroxylation is 2. The highest BCUT2D eigenvalue weighted by molar-refractivity contribution is 6.03. The van der Waals surface area contributed by atoms with Gasteiger partial charge in [0.25, 0.3) is 0 Å². The van der Waals surface area contributed by atoms with Crippen LogP contribution in [-0.4, -0.2) is 24.9 Å². The molecule has 28 heavy (non-hydrogen) atoms. The predicted molar refractivity (Wildman–Crippen MR) is 115 cm³/mol. The summed E-state index contributed by atoms with van der Waals surface area (Å²) in [6, 6.07) is 13.8. The Morgan fingerprint density at radius 2 is 1.36 bits per heavy atom. The van der Waals surface area contributed by atoms with Gasteiger partial charge in [0, 0.05) is 30.2 Å². The molecule has 1 aliphatic carbocycles. The van der Waals surface area contributed by atoms with Gasteiger partial charge in [-0.05, 0) is 81.6 Å². The quantitative estimate of drug-likeness (QED) is 0.751. The molecule has 3 rings (SSSR count). The fourth-order valence-electron chi connectivity index (χ4n) is 3.64. The minimum atomic E-state index is -0.256. The van der Waals surface area contributed by atoms with Crippen LogP contribution in [0.1, 0.15) is 31.4 Å². The first-order chi connectivity index (χ1) is 13.4. The number of hydrogen-bond donors (Lipinski definition) is 2. The first-order valence-corrected chi connectivity index (χ1v) is 9.96. The van der Waals surface area contributed by atoms with Gasteiger partial charge in [-0.15, -0.1) is 0 Å². The van der Waals surface area contributed by atoms with Crippen LogP contribution >= 0.6 is 0 Å². The van der Waals surface area contributed by atoms with Crippen molar-refractivity contribution in [2.24, 2.45) is 11.8 Å². The van der Waals surface area contributed by atoms with E-state index in [-0.39, 0.29) is 23.7 Å². The number of anilines is 3. The zero-order chi connectivity index (χ0) is 20.3. The molecule has 0 bridgehead atoms. The highest BCUT2D eigenvalue weighted by atomic mass is 16.2. The number of carbonyl (C=O) groups excluding carboxylic acids is 2. The van der Waals surface area contributed by atoms with Crippen molar-refractivity contribution in [3.63, 3.8) is 0 Å². The average Bonchev–Trinajstić information content (AvgIpc) is 3.44. The summed E-state index contributed by atoms with van der Waals surface area (Å²) in [5.74, 6) is -0.678.